The molecule has 4 nitrogen and oxygen atoms in total. The van der Waals surface area contributed by atoms with E-state index in [9.17, 15) is 4.79 Å². The van der Waals surface area contributed by atoms with Crippen LogP contribution in [0.5, 0.6) is 0 Å². The first-order chi connectivity index (χ1) is 13.0. The van der Waals surface area contributed by atoms with Crippen LogP contribution < -0.4 is 27.3 Å². The number of hydrogen-bond acceptors (Lipinski definition) is 5. The molecule has 0 fully saturated rings. The van der Waals surface area contributed by atoms with E-state index in [1.54, 1.807) is 18.7 Å². The van der Waals surface area contributed by atoms with Gasteiger partial charge in [-0.25, -0.2) is 4.79 Å². The van der Waals surface area contributed by atoms with E-state index in [0.29, 0.717) is 17.2 Å². The van der Waals surface area contributed by atoms with Crippen LogP contribution in [0.3, 0.4) is 0 Å². The molecule has 0 bridgehead atoms. The maximum Gasteiger partial charge on any atom is 0.350 e. The molecule has 0 atom stereocenters. The molecule has 2 aromatic heterocycles. The average molecular weight is 479 g/mol. The van der Waals surface area contributed by atoms with Crippen molar-refractivity contribution in [1.82, 2.24) is 0 Å². The van der Waals surface area contributed by atoms with Crippen molar-refractivity contribution in [3.63, 3.8) is 0 Å². The minimum absolute atomic E-state index is 0. The number of thioether (sulfide) groups is 1. The van der Waals surface area contributed by atoms with Gasteiger partial charge in [0.15, 0.2) is 12.4 Å². The van der Waals surface area contributed by atoms with E-state index in [-0.39, 0.29) is 23.0 Å². The summed E-state index contributed by atoms with van der Waals surface area (Å²) in [6.07, 6.45) is 4.07. The summed E-state index contributed by atoms with van der Waals surface area (Å²) in [5, 5.41) is 0. The lowest BCUT2D eigenvalue weighted by atomic mass is 10.2. The van der Waals surface area contributed by atoms with Gasteiger partial charge in [-0.3, -0.25) is 0 Å². The van der Waals surface area contributed by atoms with Gasteiger partial charge in [0.1, 0.15) is 14.8 Å². The highest BCUT2D eigenvalue weighted by Crippen LogP contribution is 2.40. The van der Waals surface area contributed by atoms with Gasteiger partial charge in [-0.05, 0) is 32.4 Å². The van der Waals surface area contributed by atoms with E-state index >= 15 is 0 Å². The van der Waals surface area contributed by atoms with Gasteiger partial charge in [-0.15, -0.1) is 23.1 Å². The molecule has 0 radical (unpaired) electrons. The Morgan fingerprint density at radius 2 is 1.82 bits per heavy atom. The first-order valence-corrected chi connectivity index (χ1v) is 10.6. The van der Waals surface area contributed by atoms with Crippen LogP contribution in [0.4, 0.5) is 5.69 Å². The molecule has 1 aromatic carbocycles. The number of carbonyl (C=O) groups is 1. The third kappa shape index (κ3) is 5.16. The molecule has 0 amide bonds. The fourth-order valence-electron chi connectivity index (χ4n) is 2.87. The highest BCUT2D eigenvalue weighted by Gasteiger charge is 2.29. The van der Waals surface area contributed by atoms with Crippen molar-refractivity contribution in [2.45, 2.75) is 30.7 Å². The minimum atomic E-state index is -0.363. The van der Waals surface area contributed by atoms with Gasteiger partial charge in [0.25, 0.3) is 5.69 Å². The number of rotatable bonds is 6. The molecule has 0 aliphatic carbocycles. The Labute approximate surface area is 184 Å². The first kappa shape index (κ1) is 22.5. The molecule has 0 spiro atoms. The number of ether oxygens (including phenoxy) is 1. The lowest BCUT2D eigenvalue weighted by molar-refractivity contribution is -0.597. The lowest BCUT2D eigenvalue weighted by Crippen LogP contribution is -3.00. The first-order valence-electron chi connectivity index (χ1n) is 8.75. The van der Waals surface area contributed by atoms with Crippen LogP contribution in [0.25, 0.3) is 5.69 Å². The standard InChI is InChI=1S/C21H22N2O2S2.BrH/c1-4-25-20(24)19-17(22)18(23-11-14(2)10-15(3)12-23)21(27-19)26-13-16-8-6-5-7-9-16;/h5-12H,4,13H2,1-3H3,(H-,22,24);1H. The van der Waals surface area contributed by atoms with Crippen LogP contribution in [0.2, 0.25) is 0 Å². The Hall–Kier alpha value is -1.83. The average Bonchev–Trinajstić information content (AvgIpc) is 2.97. The Morgan fingerprint density at radius 3 is 2.43 bits per heavy atom. The van der Waals surface area contributed by atoms with E-state index in [2.05, 4.69) is 32.0 Å². The summed E-state index contributed by atoms with van der Waals surface area (Å²) in [6, 6.07) is 12.4. The second-order valence-electron chi connectivity index (χ2n) is 6.27. The van der Waals surface area contributed by atoms with E-state index in [1.165, 1.54) is 16.9 Å². The smallest absolute Gasteiger partial charge is 0.350 e. The van der Waals surface area contributed by atoms with E-state index in [4.69, 9.17) is 10.5 Å². The van der Waals surface area contributed by atoms with Gasteiger partial charge in [-0.1, -0.05) is 30.3 Å². The van der Waals surface area contributed by atoms with E-state index < -0.39 is 0 Å². The summed E-state index contributed by atoms with van der Waals surface area (Å²) in [4.78, 5) is 12.8. The predicted molar refractivity (Wildman–Crippen MR) is 112 cm³/mol. The number of nitrogens with zero attached hydrogens (tertiary/aromatic N) is 1. The fourth-order valence-corrected chi connectivity index (χ4v) is 5.22. The van der Waals surface area contributed by atoms with Crippen molar-refractivity contribution in [1.29, 1.82) is 0 Å². The number of halogens is 1. The zero-order chi connectivity index (χ0) is 19.4. The lowest BCUT2D eigenvalue weighted by Gasteiger charge is -2.03. The van der Waals surface area contributed by atoms with E-state index in [0.717, 1.165) is 26.8 Å². The topological polar surface area (TPSA) is 56.2 Å². The molecule has 0 aliphatic heterocycles. The second-order valence-corrected chi connectivity index (χ2v) is 8.54. The van der Waals surface area contributed by atoms with Crippen molar-refractivity contribution in [2.75, 3.05) is 12.3 Å². The Bertz CT molecular complexity index is 938. The molecule has 2 N–H and O–H groups in total. The number of nitrogen functional groups attached to an aromatic ring is 1. The van der Waals surface area contributed by atoms with Crippen molar-refractivity contribution < 1.29 is 31.1 Å². The van der Waals surface area contributed by atoms with Crippen molar-refractivity contribution in [3.05, 3.63) is 70.4 Å². The maximum atomic E-state index is 12.4. The summed E-state index contributed by atoms with van der Waals surface area (Å²) in [6.45, 7) is 6.23. The zero-order valence-corrected chi connectivity index (χ0v) is 19.3. The van der Waals surface area contributed by atoms with E-state index in [1.807, 2.05) is 35.2 Å². The summed E-state index contributed by atoms with van der Waals surface area (Å²) in [5.41, 5.74) is 11.2. The van der Waals surface area contributed by atoms with Crippen LogP contribution in [0.1, 0.15) is 33.3 Å². The van der Waals surface area contributed by atoms with Gasteiger partial charge in [-0.2, -0.15) is 4.57 Å². The molecular weight excluding hydrogens is 456 g/mol. The Balaban J connectivity index is 0.00000280. The Kier molecular flexibility index (Phi) is 8.10. The third-order valence-corrected chi connectivity index (χ3v) is 6.47. The monoisotopic (exact) mass is 478 g/mol. The molecule has 7 heteroatoms. The fraction of sp³-hybridized carbons (Fsp3) is 0.238. The second kappa shape index (κ2) is 10.1. The van der Waals surface area contributed by atoms with Crippen molar-refractivity contribution in [2.24, 2.45) is 0 Å². The highest BCUT2D eigenvalue weighted by molar-refractivity contribution is 8.00. The zero-order valence-electron chi connectivity index (χ0n) is 16.1. The summed E-state index contributed by atoms with van der Waals surface area (Å²) < 4.78 is 8.23. The van der Waals surface area contributed by atoms with Gasteiger partial charge < -0.3 is 27.5 Å². The van der Waals surface area contributed by atoms with Crippen LogP contribution >= 0.6 is 23.1 Å². The summed E-state index contributed by atoms with van der Waals surface area (Å²) in [7, 11) is 0. The number of pyridine rings is 1. The molecule has 0 aliphatic rings. The number of aryl methyl sites for hydroxylation is 2. The number of thiophene rings is 1. The van der Waals surface area contributed by atoms with Crippen molar-refractivity contribution in [3.8, 4) is 5.69 Å². The van der Waals surface area contributed by atoms with Crippen LogP contribution in [-0.2, 0) is 10.5 Å². The Morgan fingerprint density at radius 1 is 1.18 bits per heavy atom. The molecule has 0 unspecified atom stereocenters. The quantitative estimate of drug-likeness (QED) is 0.332. The number of hydrogen-bond donors (Lipinski definition) is 1. The SMILES string of the molecule is CCOC(=O)c1sc(SCc2ccccc2)c(-[n+]2cc(C)cc(C)c2)c1N.[Br-]. The van der Waals surface area contributed by atoms with Crippen molar-refractivity contribution >= 4 is 34.8 Å². The van der Waals surface area contributed by atoms with Gasteiger partial charge >= 0.3 is 5.97 Å². The van der Waals surface area contributed by atoms with Crippen LogP contribution in [-0.4, -0.2) is 12.6 Å². The number of anilines is 1. The predicted octanol–water partition coefficient (Wildman–Crippen LogP) is 1.70. The summed E-state index contributed by atoms with van der Waals surface area (Å²) >= 11 is 3.09. The summed E-state index contributed by atoms with van der Waals surface area (Å²) in [5.74, 6) is 0.444. The number of benzene rings is 1. The molecule has 0 saturated heterocycles. The van der Waals surface area contributed by atoms with Gasteiger partial charge in [0.05, 0.1) is 6.61 Å². The highest BCUT2D eigenvalue weighted by atomic mass is 79.9. The molecule has 148 valence electrons. The van der Waals surface area contributed by atoms with Crippen LogP contribution in [0, 0.1) is 13.8 Å². The molecule has 2 heterocycles. The van der Waals surface area contributed by atoms with Crippen LogP contribution in [0.15, 0.2) is 53.0 Å². The number of nitrogens with two attached hydrogens (primary N) is 1. The van der Waals surface area contributed by atoms with Gasteiger partial charge in [0.2, 0.25) is 0 Å². The largest absolute Gasteiger partial charge is 1.00 e. The number of carbonyl (C=O) groups excluding carboxylic acids is 1. The molecular formula is C21H23BrN2O2S2. The van der Waals surface area contributed by atoms with Gasteiger partial charge in [0, 0.05) is 16.9 Å². The molecule has 3 rings (SSSR count). The molecule has 0 saturated carbocycles. The molecule has 28 heavy (non-hydrogen) atoms. The minimum Gasteiger partial charge on any atom is -1.00 e. The molecule has 3 aromatic rings. The third-order valence-electron chi connectivity index (χ3n) is 3.96. The normalized spacial score (nSPS) is 10.4. The number of esters is 1. The number of aromatic nitrogens is 1. The maximum absolute atomic E-state index is 12.4.